The molecule has 0 amide bonds. The van der Waals surface area contributed by atoms with Crippen molar-refractivity contribution in [1.29, 1.82) is 0 Å². The Morgan fingerprint density at radius 2 is 2.28 bits per heavy atom. The predicted molar refractivity (Wildman–Crippen MR) is 70.4 cm³/mol. The Morgan fingerprint density at radius 3 is 3.06 bits per heavy atom. The number of ether oxygens (including phenoxy) is 1. The predicted octanol–water partition coefficient (Wildman–Crippen LogP) is 2.71. The van der Waals surface area contributed by atoms with Crippen LogP contribution in [-0.4, -0.2) is 29.6 Å². The number of aromatic nitrogens is 2. The highest BCUT2D eigenvalue weighted by Crippen LogP contribution is 2.24. The molecule has 2 rings (SSSR count). The number of anilines is 1. The van der Waals surface area contributed by atoms with Crippen LogP contribution in [0, 0.1) is 12.7 Å². The van der Waals surface area contributed by atoms with E-state index in [4.69, 9.17) is 4.74 Å². The van der Waals surface area contributed by atoms with Crippen LogP contribution in [0.2, 0.25) is 0 Å². The molecule has 0 radical (unpaired) electrons. The van der Waals surface area contributed by atoms with Gasteiger partial charge < -0.3 is 10.1 Å². The van der Waals surface area contributed by atoms with Crippen molar-refractivity contribution in [3.63, 3.8) is 0 Å². The zero-order valence-corrected chi connectivity index (χ0v) is 11.1. The molecule has 0 saturated carbocycles. The SMILES string of the molecule is COCCNc1nc(-c2cc(F)ccc2C)ns1. The van der Waals surface area contributed by atoms with Gasteiger partial charge in [0.15, 0.2) is 5.82 Å². The summed E-state index contributed by atoms with van der Waals surface area (Å²) in [5, 5.41) is 3.81. The van der Waals surface area contributed by atoms with Crippen molar-refractivity contribution in [3.05, 3.63) is 29.6 Å². The van der Waals surface area contributed by atoms with Crippen LogP contribution in [0.1, 0.15) is 5.56 Å². The van der Waals surface area contributed by atoms with Gasteiger partial charge in [-0.15, -0.1) is 0 Å². The summed E-state index contributed by atoms with van der Waals surface area (Å²) in [6.07, 6.45) is 0. The molecule has 0 unspecified atom stereocenters. The normalized spacial score (nSPS) is 10.6. The second-order valence-corrected chi connectivity index (χ2v) is 4.55. The first-order chi connectivity index (χ1) is 8.70. The van der Waals surface area contributed by atoms with E-state index in [0.717, 1.165) is 11.1 Å². The number of benzene rings is 1. The van der Waals surface area contributed by atoms with Gasteiger partial charge in [0, 0.05) is 30.8 Å². The molecule has 0 saturated heterocycles. The van der Waals surface area contributed by atoms with Gasteiger partial charge in [0.1, 0.15) is 5.82 Å². The van der Waals surface area contributed by atoms with Crippen LogP contribution in [0.15, 0.2) is 18.2 Å². The Morgan fingerprint density at radius 1 is 1.44 bits per heavy atom. The molecule has 1 aromatic carbocycles. The topological polar surface area (TPSA) is 47.0 Å². The minimum Gasteiger partial charge on any atom is -0.383 e. The fraction of sp³-hybridized carbons (Fsp3) is 0.333. The zero-order chi connectivity index (χ0) is 13.0. The van der Waals surface area contributed by atoms with E-state index in [1.165, 1.54) is 23.7 Å². The molecule has 18 heavy (non-hydrogen) atoms. The molecule has 0 bridgehead atoms. The number of halogens is 1. The van der Waals surface area contributed by atoms with E-state index in [1.54, 1.807) is 13.2 Å². The second kappa shape index (κ2) is 5.88. The van der Waals surface area contributed by atoms with Crippen molar-refractivity contribution in [2.45, 2.75) is 6.92 Å². The van der Waals surface area contributed by atoms with Gasteiger partial charge >= 0.3 is 0 Å². The molecule has 0 aliphatic carbocycles. The van der Waals surface area contributed by atoms with Crippen LogP contribution in [-0.2, 0) is 4.74 Å². The molecule has 1 heterocycles. The highest BCUT2D eigenvalue weighted by Gasteiger charge is 2.09. The standard InChI is InChI=1S/C12H14FN3OS/c1-8-3-4-9(13)7-10(8)11-15-12(18-16-11)14-5-6-17-2/h3-4,7H,5-6H2,1-2H3,(H,14,15,16). The first kappa shape index (κ1) is 12.9. The molecule has 1 N–H and O–H groups in total. The molecule has 0 atom stereocenters. The minimum atomic E-state index is -0.278. The monoisotopic (exact) mass is 267 g/mol. The van der Waals surface area contributed by atoms with Crippen LogP contribution in [0.4, 0.5) is 9.52 Å². The first-order valence-electron chi connectivity index (χ1n) is 5.54. The van der Waals surface area contributed by atoms with Crippen LogP contribution >= 0.6 is 11.5 Å². The third-order valence-electron chi connectivity index (χ3n) is 2.45. The Hall–Kier alpha value is -1.53. The molecule has 0 aliphatic heterocycles. The number of aryl methyl sites for hydroxylation is 1. The fourth-order valence-corrected chi connectivity index (χ4v) is 2.11. The number of hydrogen-bond donors (Lipinski definition) is 1. The Balaban J connectivity index is 2.16. The van der Waals surface area contributed by atoms with Gasteiger partial charge in [-0.05, 0) is 24.6 Å². The number of methoxy groups -OCH3 is 1. The maximum absolute atomic E-state index is 13.2. The van der Waals surface area contributed by atoms with Crippen molar-refractivity contribution >= 4 is 16.7 Å². The van der Waals surface area contributed by atoms with Crippen LogP contribution in [0.25, 0.3) is 11.4 Å². The maximum Gasteiger partial charge on any atom is 0.202 e. The van der Waals surface area contributed by atoms with Gasteiger partial charge in [0.2, 0.25) is 5.13 Å². The minimum absolute atomic E-state index is 0.278. The summed E-state index contributed by atoms with van der Waals surface area (Å²) in [7, 11) is 1.64. The molecule has 2 aromatic rings. The average Bonchev–Trinajstić information content (AvgIpc) is 2.81. The summed E-state index contributed by atoms with van der Waals surface area (Å²) in [5.74, 6) is 0.274. The first-order valence-corrected chi connectivity index (χ1v) is 6.31. The van der Waals surface area contributed by atoms with Gasteiger partial charge in [0.25, 0.3) is 0 Å². The third-order valence-corrected chi connectivity index (χ3v) is 3.12. The van der Waals surface area contributed by atoms with E-state index in [1.807, 2.05) is 6.92 Å². The summed E-state index contributed by atoms with van der Waals surface area (Å²) < 4.78 is 22.4. The van der Waals surface area contributed by atoms with Crippen LogP contribution < -0.4 is 5.32 Å². The Bertz CT molecular complexity index is 530. The van der Waals surface area contributed by atoms with Crippen LogP contribution in [0.3, 0.4) is 0 Å². The Kier molecular flexibility index (Phi) is 4.22. The van der Waals surface area contributed by atoms with E-state index in [0.29, 0.717) is 24.1 Å². The molecule has 0 fully saturated rings. The second-order valence-electron chi connectivity index (χ2n) is 3.80. The maximum atomic E-state index is 13.2. The molecule has 0 spiro atoms. The average molecular weight is 267 g/mol. The number of nitrogens with one attached hydrogen (secondary N) is 1. The lowest BCUT2D eigenvalue weighted by Crippen LogP contribution is -2.07. The van der Waals surface area contributed by atoms with E-state index in [-0.39, 0.29) is 5.82 Å². The molecule has 0 aliphatic rings. The van der Waals surface area contributed by atoms with Crippen LogP contribution in [0.5, 0.6) is 0 Å². The number of hydrogen-bond acceptors (Lipinski definition) is 5. The van der Waals surface area contributed by atoms with Gasteiger partial charge in [-0.1, -0.05) is 6.07 Å². The van der Waals surface area contributed by atoms with Gasteiger partial charge in [-0.3, -0.25) is 0 Å². The van der Waals surface area contributed by atoms with Crippen molar-refractivity contribution in [3.8, 4) is 11.4 Å². The largest absolute Gasteiger partial charge is 0.383 e. The zero-order valence-electron chi connectivity index (χ0n) is 10.2. The van der Waals surface area contributed by atoms with Crippen molar-refractivity contribution in [2.24, 2.45) is 0 Å². The number of rotatable bonds is 5. The van der Waals surface area contributed by atoms with E-state index in [9.17, 15) is 4.39 Å². The summed E-state index contributed by atoms with van der Waals surface area (Å²) in [5.41, 5.74) is 1.68. The van der Waals surface area contributed by atoms with Crippen molar-refractivity contribution in [2.75, 3.05) is 25.6 Å². The molecular weight excluding hydrogens is 253 g/mol. The van der Waals surface area contributed by atoms with E-state index in [2.05, 4.69) is 14.7 Å². The lowest BCUT2D eigenvalue weighted by molar-refractivity contribution is 0.211. The van der Waals surface area contributed by atoms with Crippen molar-refractivity contribution < 1.29 is 9.13 Å². The summed E-state index contributed by atoms with van der Waals surface area (Å²) in [4.78, 5) is 4.33. The lowest BCUT2D eigenvalue weighted by atomic mass is 10.1. The van der Waals surface area contributed by atoms with Gasteiger partial charge in [-0.2, -0.15) is 9.36 Å². The quantitative estimate of drug-likeness (QED) is 0.846. The molecule has 1 aromatic heterocycles. The van der Waals surface area contributed by atoms with Gasteiger partial charge in [-0.25, -0.2) is 4.39 Å². The molecule has 96 valence electrons. The fourth-order valence-electron chi connectivity index (χ4n) is 1.50. The van der Waals surface area contributed by atoms with Gasteiger partial charge in [0.05, 0.1) is 6.61 Å². The highest BCUT2D eigenvalue weighted by atomic mass is 32.1. The smallest absolute Gasteiger partial charge is 0.202 e. The lowest BCUT2D eigenvalue weighted by Gasteiger charge is -2.01. The van der Waals surface area contributed by atoms with Crippen molar-refractivity contribution in [1.82, 2.24) is 9.36 Å². The summed E-state index contributed by atoms with van der Waals surface area (Å²) in [6.45, 7) is 3.19. The van der Waals surface area contributed by atoms with E-state index < -0.39 is 0 Å². The Labute approximate surface area is 109 Å². The molecular formula is C12H14FN3OS. The highest BCUT2D eigenvalue weighted by molar-refractivity contribution is 7.09. The molecule has 6 heteroatoms. The third kappa shape index (κ3) is 3.02. The molecule has 4 nitrogen and oxygen atoms in total. The summed E-state index contributed by atoms with van der Waals surface area (Å²) >= 11 is 1.26. The van der Waals surface area contributed by atoms with E-state index >= 15 is 0 Å². The summed E-state index contributed by atoms with van der Waals surface area (Å²) in [6, 6.07) is 4.61. The number of nitrogens with zero attached hydrogens (tertiary/aromatic N) is 2.